The zero-order valence-electron chi connectivity index (χ0n) is 14.0. The highest BCUT2D eigenvalue weighted by Crippen LogP contribution is 2.13. The van der Waals surface area contributed by atoms with Crippen LogP contribution in [0.3, 0.4) is 0 Å². The Balaban J connectivity index is 2.02. The van der Waals surface area contributed by atoms with E-state index in [0.717, 1.165) is 19.6 Å². The topological polar surface area (TPSA) is 40.5 Å². The number of benzene rings is 2. The summed E-state index contributed by atoms with van der Waals surface area (Å²) in [6, 6.07) is 17.1. The van der Waals surface area contributed by atoms with Gasteiger partial charge in [0.15, 0.2) is 0 Å². The van der Waals surface area contributed by atoms with E-state index in [-0.39, 0.29) is 6.42 Å². The zero-order valence-corrected chi connectivity index (χ0v) is 14.0. The second-order valence-electron chi connectivity index (χ2n) is 6.18. The van der Waals surface area contributed by atoms with Crippen molar-refractivity contribution in [2.24, 2.45) is 0 Å². The fourth-order valence-electron chi connectivity index (χ4n) is 2.57. The van der Waals surface area contributed by atoms with Crippen molar-refractivity contribution in [1.82, 2.24) is 4.90 Å². The van der Waals surface area contributed by atoms with E-state index in [4.69, 9.17) is 5.11 Å². The molecule has 0 saturated heterocycles. The molecule has 2 rings (SSSR count). The molecule has 0 spiro atoms. The van der Waals surface area contributed by atoms with Gasteiger partial charge in [-0.05, 0) is 37.9 Å². The van der Waals surface area contributed by atoms with E-state index in [1.807, 2.05) is 0 Å². The quantitative estimate of drug-likeness (QED) is 0.795. The number of hydrogen-bond donors (Lipinski definition) is 1. The number of carboxylic acids is 1. The van der Waals surface area contributed by atoms with Gasteiger partial charge in [0.25, 0.3) is 0 Å². The molecule has 0 amide bonds. The van der Waals surface area contributed by atoms with Gasteiger partial charge in [0.2, 0.25) is 0 Å². The van der Waals surface area contributed by atoms with Gasteiger partial charge in [-0.3, -0.25) is 9.69 Å². The monoisotopic (exact) mass is 311 g/mol. The lowest BCUT2D eigenvalue weighted by Gasteiger charge is -2.22. The smallest absolute Gasteiger partial charge is 0.303 e. The average Bonchev–Trinajstić information content (AvgIpc) is 2.51. The van der Waals surface area contributed by atoms with E-state index in [1.54, 1.807) is 0 Å². The molecule has 0 bridgehead atoms. The van der Waals surface area contributed by atoms with Crippen LogP contribution in [-0.4, -0.2) is 22.5 Å². The highest BCUT2D eigenvalue weighted by Gasteiger charge is 2.08. The summed E-state index contributed by atoms with van der Waals surface area (Å²) in [5.74, 6) is -0.726. The van der Waals surface area contributed by atoms with Gasteiger partial charge in [0, 0.05) is 19.5 Å². The number of carbonyl (C=O) groups is 1. The Morgan fingerprint density at radius 3 is 1.70 bits per heavy atom. The summed E-state index contributed by atoms with van der Waals surface area (Å²) in [6.45, 7) is 6.64. The van der Waals surface area contributed by atoms with Gasteiger partial charge >= 0.3 is 5.97 Å². The summed E-state index contributed by atoms with van der Waals surface area (Å²) in [7, 11) is 0. The second-order valence-corrected chi connectivity index (χ2v) is 6.18. The van der Waals surface area contributed by atoms with E-state index in [1.165, 1.54) is 22.3 Å². The van der Waals surface area contributed by atoms with E-state index in [2.05, 4.69) is 67.3 Å². The molecule has 0 aliphatic carbocycles. The Morgan fingerprint density at radius 2 is 1.30 bits per heavy atom. The molecule has 0 fully saturated rings. The molecule has 1 N–H and O–H groups in total. The fraction of sp³-hybridized carbons (Fsp3) is 0.350. The van der Waals surface area contributed by atoms with Crippen molar-refractivity contribution in [3.05, 3.63) is 70.8 Å². The summed E-state index contributed by atoms with van der Waals surface area (Å²) in [5, 5.41) is 8.85. The van der Waals surface area contributed by atoms with Gasteiger partial charge in [0.05, 0.1) is 0 Å². The van der Waals surface area contributed by atoms with Crippen molar-refractivity contribution >= 4 is 5.97 Å². The van der Waals surface area contributed by atoms with Gasteiger partial charge in [-0.15, -0.1) is 0 Å². The van der Waals surface area contributed by atoms with Crippen LogP contribution in [-0.2, 0) is 17.9 Å². The molecule has 3 heteroatoms. The lowest BCUT2D eigenvalue weighted by molar-refractivity contribution is -0.137. The highest BCUT2D eigenvalue weighted by molar-refractivity contribution is 5.66. The van der Waals surface area contributed by atoms with Gasteiger partial charge in [-0.2, -0.15) is 0 Å². The maximum Gasteiger partial charge on any atom is 0.303 e. The molecular formula is C20H25NO2. The third kappa shape index (κ3) is 6.25. The van der Waals surface area contributed by atoms with Crippen LogP contribution in [0.1, 0.15) is 35.1 Å². The van der Waals surface area contributed by atoms with Crippen molar-refractivity contribution < 1.29 is 9.90 Å². The molecule has 23 heavy (non-hydrogen) atoms. The molecule has 0 aliphatic rings. The third-order valence-corrected chi connectivity index (χ3v) is 3.92. The van der Waals surface area contributed by atoms with Gasteiger partial charge in [-0.1, -0.05) is 59.7 Å². The first-order valence-electron chi connectivity index (χ1n) is 8.08. The second kappa shape index (κ2) is 8.49. The molecule has 3 nitrogen and oxygen atoms in total. The van der Waals surface area contributed by atoms with Crippen molar-refractivity contribution in [2.45, 2.75) is 39.8 Å². The van der Waals surface area contributed by atoms with E-state index >= 15 is 0 Å². The molecule has 2 aromatic carbocycles. The first-order chi connectivity index (χ1) is 11.0. The summed E-state index contributed by atoms with van der Waals surface area (Å²) >= 11 is 0. The van der Waals surface area contributed by atoms with Gasteiger partial charge < -0.3 is 5.11 Å². The van der Waals surface area contributed by atoms with Crippen LogP contribution in [0.5, 0.6) is 0 Å². The minimum atomic E-state index is -0.726. The normalized spacial score (nSPS) is 10.9. The molecule has 122 valence electrons. The molecule has 0 aliphatic heterocycles. The summed E-state index contributed by atoms with van der Waals surface area (Å²) < 4.78 is 0. The Bertz CT molecular complexity index is 570. The lowest BCUT2D eigenvalue weighted by Crippen LogP contribution is -2.24. The number of rotatable bonds is 8. The number of carboxylic acid groups (broad SMARTS) is 1. The Hall–Kier alpha value is -2.13. The van der Waals surface area contributed by atoms with Gasteiger partial charge in [-0.25, -0.2) is 0 Å². The molecule has 0 unspecified atom stereocenters. The van der Waals surface area contributed by atoms with E-state index in [9.17, 15) is 4.79 Å². The minimum absolute atomic E-state index is 0.221. The first kappa shape index (κ1) is 17.2. The predicted molar refractivity (Wildman–Crippen MR) is 93.3 cm³/mol. The van der Waals surface area contributed by atoms with E-state index in [0.29, 0.717) is 6.42 Å². The van der Waals surface area contributed by atoms with Crippen LogP contribution in [0, 0.1) is 13.8 Å². The summed E-state index contributed by atoms with van der Waals surface area (Å²) in [4.78, 5) is 13.1. The average molecular weight is 311 g/mol. The lowest BCUT2D eigenvalue weighted by atomic mass is 10.1. The number of hydrogen-bond acceptors (Lipinski definition) is 2. The van der Waals surface area contributed by atoms with Crippen LogP contribution in [0.2, 0.25) is 0 Å². The molecule has 0 saturated carbocycles. The Labute approximate surface area is 138 Å². The maximum atomic E-state index is 10.8. The minimum Gasteiger partial charge on any atom is -0.481 e. The van der Waals surface area contributed by atoms with Crippen molar-refractivity contribution in [2.75, 3.05) is 6.54 Å². The van der Waals surface area contributed by atoms with Gasteiger partial charge in [0.1, 0.15) is 0 Å². The molecular weight excluding hydrogens is 286 g/mol. The first-order valence-corrected chi connectivity index (χ1v) is 8.08. The number of aryl methyl sites for hydroxylation is 2. The summed E-state index contributed by atoms with van der Waals surface area (Å²) in [6.07, 6.45) is 0.894. The molecule has 0 aromatic heterocycles. The number of aliphatic carboxylic acids is 1. The summed E-state index contributed by atoms with van der Waals surface area (Å²) in [5.41, 5.74) is 5.03. The largest absolute Gasteiger partial charge is 0.481 e. The van der Waals surface area contributed by atoms with Crippen LogP contribution >= 0.6 is 0 Å². The van der Waals surface area contributed by atoms with Crippen LogP contribution in [0.15, 0.2) is 48.5 Å². The van der Waals surface area contributed by atoms with Crippen LogP contribution in [0.4, 0.5) is 0 Å². The predicted octanol–water partition coefficient (Wildman–Crippen LogP) is 4.17. The van der Waals surface area contributed by atoms with Crippen molar-refractivity contribution in [3.63, 3.8) is 0 Å². The zero-order chi connectivity index (χ0) is 16.7. The van der Waals surface area contributed by atoms with Crippen molar-refractivity contribution in [1.29, 1.82) is 0 Å². The molecule has 2 aromatic rings. The maximum absolute atomic E-state index is 10.8. The van der Waals surface area contributed by atoms with Crippen LogP contribution < -0.4 is 0 Å². The molecule has 0 radical (unpaired) electrons. The number of nitrogens with zero attached hydrogens (tertiary/aromatic N) is 1. The standard InChI is InChI=1S/C20H25NO2/c1-16-5-9-18(10-6-16)14-21(13-3-4-20(22)23)15-19-11-7-17(2)8-12-19/h5-12H,3-4,13-15H2,1-2H3,(H,22,23). The van der Waals surface area contributed by atoms with Crippen molar-refractivity contribution in [3.8, 4) is 0 Å². The Kier molecular flexibility index (Phi) is 6.36. The fourth-order valence-corrected chi connectivity index (χ4v) is 2.57. The SMILES string of the molecule is Cc1ccc(CN(CCCC(=O)O)Cc2ccc(C)cc2)cc1. The highest BCUT2D eigenvalue weighted by atomic mass is 16.4. The Morgan fingerprint density at radius 1 is 0.870 bits per heavy atom. The molecule has 0 atom stereocenters. The van der Waals surface area contributed by atoms with Crippen LogP contribution in [0.25, 0.3) is 0 Å². The third-order valence-electron chi connectivity index (χ3n) is 3.92. The van der Waals surface area contributed by atoms with E-state index < -0.39 is 5.97 Å². The molecule has 0 heterocycles.